The summed E-state index contributed by atoms with van der Waals surface area (Å²) in [4.78, 5) is 20.6. The first-order valence-corrected chi connectivity index (χ1v) is 14.6. The second kappa shape index (κ2) is 11.8. The molecule has 0 atom stereocenters. The first-order valence-electron chi connectivity index (χ1n) is 13.4. The third-order valence-corrected chi connectivity index (χ3v) is 9.39. The van der Waals surface area contributed by atoms with Crippen molar-refractivity contribution in [2.45, 2.75) is 58.2 Å². The van der Waals surface area contributed by atoms with Crippen LogP contribution in [0.3, 0.4) is 0 Å². The molecule has 5 rings (SSSR count). The summed E-state index contributed by atoms with van der Waals surface area (Å²) in [7, 11) is 3.56. The van der Waals surface area contributed by atoms with Gasteiger partial charge in [-0.3, -0.25) is 9.78 Å². The van der Waals surface area contributed by atoms with Crippen molar-refractivity contribution < 1.29 is 18.3 Å². The van der Waals surface area contributed by atoms with Gasteiger partial charge in [0.15, 0.2) is 0 Å². The Balaban J connectivity index is 1.57. The zero-order valence-electron chi connectivity index (χ0n) is 23.0. The maximum absolute atomic E-state index is 14.7. The number of aromatic nitrogens is 1. The molecule has 1 aliphatic carbocycles. The Kier molecular flexibility index (Phi) is 8.40. The Morgan fingerprint density at radius 1 is 1.05 bits per heavy atom. The Labute approximate surface area is 242 Å². The molecule has 4 aromatic rings. The number of hydrogen-bond donors (Lipinski definition) is 1. The number of nitrogens with zero attached hydrogens (tertiary/aromatic N) is 2. The summed E-state index contributed by atoms with van der Waals surface area (Å²) in [6.07, 6.45) is 3.43. The Morgan fingerprint density at radius 2 is 1.73 bits per heavy atom. The van der Waals surface area contributed by atoms with Crippen LogP contribution in [0.15, 0.2) is 42.5 Å². The van der Waals surface area contributed by atoms with Gasteiger partial charge in [-0.25, -0.2) is 8.78 Å². The number of amides is 1. The molecule has 1 aliphatic rings. The van der Waals surface area contributed by atoms with E-state index in [4.69, 9.17) is 16.3 Å². The molecule has 1 N–H and O–H groups in total. The minimum absolute atomic E-state index is 0.0423. The summed E-state index contributed by atoms with van der Waals surface area (Å²) >= 11 is 7.48. The van der Waals surface area contributed by atoms with E-state index in [0.717, 1.165) is 77.2 Å². The number of methoxy groups -OCH3 is 1. The van der Waals surface area contributed by atoms with E-state index in [-0.39, 0.29) is 38.5 Å². The van der Waals surface area contributed by atoms with Gasteiger partial charge in [-0.2, -0.15) is 0 Å². The van der Waals surface area contributed by atoms with Crippen LogP contribution in [-0.4, -0.2) is 42.0 Å². The van der Waals surface area contributed by atoms with Crippen molar-refractivity contribution in [3.05, 3.63) is 81.0 Å². The fourth-order valence-electron chi connectivity index (χ4n) is 5.68. The molecule has 0 bridgehead atoms. The van der Waals surface area contributed by atoms with Crippen LogP contribution >= 0.6 is 22.9 Å². The first kappa shape index (κ1) is 28.5. The van der Waals surface area contributed by atoms with E-state index in [1.54, 1.807) is 7.11 Å². The fraction of sp³-hybridized carbons (Fsp3) is 0.355. The predicted molar refractivity (Wildman–Crippen MR) is 157 cm³/mol. The molecule has 40 heavy (non-hydrogen) atoms. The average Bonchev–Trinajstić information content (AvgIpc) is 3.31. The summed E-state index contributed by atoms with van der Waals surface area (Å²) in [6, 6.07) is 12.4. The fourth-order valence-corrected chi connectivity index (χ4v) is 7.18. The number of ether oxygens (including phenoxy) is 1. The van der Waals surface area contributed by atoms with Gasteiger partial charge >= 0.3 is 0 Å². The number of carbonyl (C=O) groups excluding carboxylic acids is 1. The zero-order valence-corrected chi connectivity index (χ0v) is 24.6. The van der Waals surface area contributed by atoms with Crippen molar-refractivity contribution >= 4 is 38.9 Å². The monoisotopic (exact) mass is 583 g/mol. The van der Waals surface area contributed by atoms with Crippen LogP contribution in [0.4, 0.5) is 8.78 Å². The highest BCUT2D eigenvalue weighted by Gasteiger charge is 2.33. The van der Waals surface area contributed by atoms with E-state index in [2.05, 4.69) is 10.3 Å². The van der Waals surface area contributed by atoms with Crippen molar-refractivity contribution in [1.82, 2.24) is 15.2 Å². The Hall–Kier alpha value is -3.07. The van der Waals surface area contributed by atoms with Gasteiger partial charge in [-0.05, 0) is 94.1 Å². The van der Waals surface area contributed by atoms with Gasteiger partial charge < -0.3 is 15.0 Å². The molecule has 0 unspecified atom stereocenters. The smallest absolute Gasteiger partial charge is 0.266 e. The van der Waals surface area contributed by atoms with Crippen molar-refractivity contribution in [1.29, 1.82) is 0 Å². The normalized spacial score (nSPS) is 17.3. The van der Waals surface area contributed by atoms with E-state index >= 15 is 0 Å². The predicted octanol–water partition coefficient (Wildman–Crippen LogP) is 7.69. The topological polar surface area (TPSA) is 54.5 Å². The number of hydrogen-bond acceptors (Lipinski definition) is 5. The lowest BCUT2D eigenvalue weighted by atomic mass is 9.89. The number of benzene rings is 2. The van der Waals surface area contributed by atoms with E-state index in [1.807, 2.05) is 56.1 Å². The molecule has 2 aromatic heterocycles. The van der Waals surface area contributed by atoms with E-state index in [9.17, 15) is 13.6 Å². The molecule has 210 valence electrons. The quantitative estimate of drug-likeness (QED) is 0.242. The molecular formula is C31H32ClF2N3O2S. The molecule has 0 aliphatic heterocycles. The van der Waals surface area contributed by atoms with Crippen molar-refractivity contribution in [2.24, 2.45) is 0 Å². The highest BCUT2D eigenvalue weighted by atomic mass is 35.5. The van der Waals surface area contributed by atoms with Gasteiger partial charge in [0.05, 0.1) is 22.2 Å². The van der Waals surface area contributed by atoms with Crippen LogP contribution in [0.25, 0.3) is 21.2 Å². The molecule has 1 saturated carbocycles. The van der Waals surface area contributed by atoms with Crippen LogP contribution < -0.4 is 10.1 Å². The number of carbonyl (C=O) groups is 1. The second-order valence-corrected chi connectivity index (χ2v) is 11.8. The lowest BCUT2D eigenvalue weighted by Gasteiger charge is -2.37. The maximum Gasteiger partial charge on any atom is 0.266 e. The molecule has 9 heteroatoms. The molecular weight excluding hydrogens is 552 g/mol. The van der Waals surface area contributed by atoms with Crippen LogP contribution in [0.1, 0.15) is 52.3 Å². The van der Waals surface area contributed by atoms with E-state index < -0.39 is 11.6 Å². The number of halogens is 3. The average molecular weight is 584 g/mol. The molecule has 0 spiro atoms. The number of pyridine rings is 1. The van der Waals surface area contributed by atoms with Gasteiger partial charge in [-0.1, -0.05) is 17.7 Å². The number of fused-ring (bicyclic) bond motifs is 1. The van der Waals surface area contributed by atoms with Gasteiger partial charge in [-0.15, -0.1) is 11.3 Å². The van der Waals surface area contributed by atoms with Crippen LogP contribution in [-0.2, 0) is 6.54 Å². The van der Waals surface area contributed by atoms with E-state index in [0.29, 0.717) is 11.8 Å². The molecule has 2 heterocycles. The highest BCUT2D eigenvalue weighted by molar-refractivity contribution is 7.21. The summed E-state index contributed by atoms with van der Waals surface area (Å²) < 4.78 is 35.0. The summed E-state index contributed by atoms with van der Waals surface area (Å²) in [6.45, 7) is 4.19. The van der Waals surface area contributed by atoms with Gasteiger partial charge in [0.1, 0.15) is 22.3 Å². The van der Waals surface area contributed by atoms with E-state index in [1.165, 1.54) is 0 Å². The number of rotatable bonds is 7. The highest BCUT2D eigenvalue weighted by Crippen LogP contribution is 2.40. The summed E-state index contributed by atoms with van der Waals surface area (Å²) in [5, 5.41) is 3.25. The molecule has 5 nitrogen and oxygen atoms in total. The van der Waals surface area contributed by atoms with Gasteiger partial charge in [0.25, 0.3) is 5.91 Å². The minimum Gasteiger partial charge on any atom is -0.496 e. The zero-order chi connectivity index (χ0) is 28.6. The number of aryl methyl sites for hydroxylation is 2. The molecule has 1 amide bonds. The Bertz CT molecular complexity index is 1550. The molecule has 2 aromatic carbocycles. The van der Waals surface area contributed by atoms with Crippen LogP contribution in [0, 0.1) is 25.5 Å². The Morgan fingerprint density at radius 3 is 2.35 bits per heavy atom. The van der Waals surface area contributed by atoms with Crippen molar-refractivity contribution in [3.63, 3.8) is 0 Å². The van der Waals surface area contributed by atoms with Crippen LogP contribution in [0.5, 0.6) is 5.75 Å². The minimum atomic E-state index is -0.643. The second-order valence-electron chi connectivity index (χ2n) is 10.4. The molecule has 1 fully saturated rings. The van der Waals surface area contributed by atoms with Crippen LogP contribution in [0.2, 0.25) is 5.02 Å². The summed E-state index contributed by atoms with van der Waals surface area (Å²) in [5.74, 6) is -0.913. The third-order valence-electron chi connectivity index (χ3n) is 7.72. The first-order chi connectivity index (χ1) is 19.2. The maximum atomic E-state index is 14.7. The van der Waals surface area contributed by atoms with Gasteiger partial charge in [0, 0.05) is 35.6 Å². The molecule has 0 saturated heterocycles. The summed E-state index contributed by atoms with van der Waals surface area (Å²) in [5.41, 5.74) is 4.69. The standard InChI is InChI=1S/C31H32ClF2N3O2S/c1-17-13-20(14-18(2)36-17)19-5-12-26(39-4)21(15-19)16-37(23-8-6-22(35-3)7-9-23)31(38)30-28(32)27-24(33)10-11-25(34)29(27)40-30/h5,10-15,22-23,35H,6-9,16H2,1-4H3. The SMILES string of the molecule is CNC1CCC(N(Cc2cc(-c3cc(C)nc(C)c3)ccc2OC)C(=O)c2sc3c(F)ccc(F)c3c2Cl)CC1. The van der Waals surface area contributed by atoms with Crippen molar-refractivity contribution in [3.8, 4) is 16.9 Å². The third kappa shape index (κ3) is 5.57. The van der Waals surface area contributed by atoms with Gasteiger partial charge in [0.2, 0.25) is 0 Å². The lowest BCUT2D eigenvalue weighted by Crippen LogP contribution is -2.44. The van der Waals surface area contributed by atoms with Crippen molar-refractivity contribution in [2.75, 3.05) is 14.2 Å². The number of nitrogens with one attached hydrogen (secondary N) is 1. The molecule has 0 radical (unpaired) electrons. The lowest BCUT2D eigenvalue weighted by molar-refractivity contribution is 0.0604. The largest absolute Gasteiger partial charge is 0.496 e. The number of thiophene rings is 1.